The molecule has 0 atom stereocenters. The standard InChI is InChI=1S/C20H21ClN4O4S/c21-15-2-5-17(6-3-15)30(28,29)23-19-7-4-16(14-18(19)20(26)27)25-12-10-24(11-13-25)9-1-8-22/h2-7,14,23H,1,9-13H2,(H,26,27). The molecule has 1 fully saturated rings. The lowest BCUT2D eigenvalue weighted by Crippen LogP contribution is -2.46. The maximum Gasteiger partial charge on any atom is 0.337 e. The van der Waals surface area contributed by atoms with Crippen LogP contribution in [0.25, 0.3) is 0 Å². The van der Waals surface area contributed by atoms with Gasteiger partial charge in [0, 0.05) is 49.9 Å². The molecule has 0 amide bonds. The molecule has 0 radical (unpaired) electrons. The molecular formula is C20H21ClN4O4S. The van der Waals surface area contributed by atoms with Crippen molar-refractivity contribution in [2.45, 2.75) is 11.3 Å². The van der Waals surface area contributed by atoms with E-state index in [1.165, 1.54) is 36.4 Å². The number of nitriles is 1. The number of hydrogen-bond donors (Lipinski definition) is 2. The number of sulfonamides is 1. The quantitative estimate of drug-likeness (QED) is 0.669. The highest BCUT2D eigenvalue weighted by Crippen LogP contribution is 2.27. The fourth-order valence-corrected chi connectivity index (χ4v) is 4.46. The van der Waals surface area contributed by atoms with Crippen molar-refractivity contribution in [2.24, 2.45) is 0 Å². The highest BCUT2D eigenvalue weighted by atomic mass is 35.5. The van der Waals surface area contributed by atoms with E-state index in [-0.39, 0.29) is 16.1 Å². The van der Waals surface area contributed by atoms with Crippen molar-refractivity contribution in [2.75, 3.05) is 42.3 Å². The number of anilines is 2. The number of carbonyl (C=O) groups is 1. The van der Waals surface area contributed by atoms with E-state index in [0.29, 0.717) is 30.2 Å². The summed E-state index contributed by atoms with van der Waals surface area (Å²) in [6.07, 6.45) is 0.478. The second-order valence-corrected chi connectivity index (χ2v) is 8.95. The molecule has 0 saturated carbocycles. The number of piperazine rings is 1. The number of rotatable bonds is 7. The van der Waals surface area contributed by atoms with E-state index in [0.717, 1.165) is 19.6 Å². The summed E-state index contributed by atoms with van der Waals surface area (Å²) >= 11 is 5.80. The molecule has 3 rings (SSSR count). The lowest BCUT2D eigenvalue weighted by Gasteiger charge is -2.36. The van der Waals surface area contributed by atoms with Crippen molar-refractivity contribution in [3.63, 3.8) is 0 Å². The fraction of sp³-hybridized carbons (Fsp3) is 0.300. The topological polar surface area (TPSA) is 114 Å². The van der Waals surface area contributed by atoms with Crippen LogP contribution >= 0.6 is 11.6 Å². The summed E-state index contributed by atoms with van der Waals surface area (Å²) in [6, 6.07) is 12.4. The van der Waals surface area contributed by atoms with Gasteiger partial charge in [-0.25, -0.2) is 13.2 Å². The van der Waals surface area contributed by atoms with Crippen LogP contribution in [0.5, 0.6) is 0 Å². The van der Waals surface area contributed by atoms with Crippen LogP contribution in [-0.4, -0.2) is 57.1 Å². The van der Waals surface area contributed by atoms with Crippen molar-refractivity contribution in [1.29, 1.82) is 5.26 Å². The zero-order chi connectivity index (χ0) is 21.7. The van der Waals surface area contributed by atoms with Gasteiger partial charge in [-0.1, -0.05) is 11.6 Å². The predicted octanol–water partition coefficient (Wildman–Crippen LogP) is 2.87. The Kier molecular flexibility index (Phi) is 6.82. The first-order chi connectivity index (χ1) is 14.3. The summed E-state index contributed by atoms with van der Waals surface area (Å²) in [5, 5.41) is 18.7. The second kappa shape index (κ2) is 9.34. The number of benzene rings is 2. The van der Waals surface area contributed by atoms with Gasteiger partial charge in [-0.15, -0.1) is 0 Å². The molecule has 0 aliphatic carbocycles. The van der Waals surface area contributed by atoms with Crippen LogP contribution in [0.2, 0.25) is 5.02 Å². The Balaban J connectivity index is 1.78. The fourth-order valence-electron chi connectivity index (χ4n) is 3.25. The number of aromatic carboxylic acids is 1. The van der Waals surface area contributed by atoms with Crippen LogP contribution in [-0.2, 0) is 10.0 Å². The first-order valence-corrected chi connectivity index (χ1v) is 11.2. The molecule has 0 spiro atoms. The second-order valence-electron chi connectivity index (χ2n) is 6.83. The van der Waals surface area contributed by atoms with E-state index in [4.69, 9.17) is 16.9 Å². The number of nitrogens with one attached hydrogen (secondary N) is 1. The molecule has 1 heterocycles. The number of nitrogens with zero attached hydrogens (tertiary/aromatic N) is 3. The minimum atomic E-state index is -3.96. The van der Waals surface area contributed by atoms with Gasteiger partial charge in [0.1, 0.15) is 0 Å². The highest BCUT2D eigenvalue weighted by molar-refractivity contribution is 7.92. The van der Waals surface area contributed by atoms with E-state index in [2.05, 4.69) is 15.7 Å². The molecule has 8 nitrogen and oxygen atoms in total. The van der Waals surface area contributed by atoms with Crippen molar-refractivity contribution in [3.8, 4) is 6.07 Å². The minimum Gasteiger partial charge on any atom is -0.478 e. The normalized spacial score (nSPS) is 14.9. The summed E-state index contributed by atoms with van der Waals surface area (Å²) in [6.45, 7) is 3.65. The van der Waals surface area contributed by atoms with Crippen LogP contribution < -0.4 is 9.62 Å². The summed E-state index contributed by atoms with van der Waals surface area (Å²) in [5.74, 6) is -1.22. The summed E-state index contributed by atoms with van der Waals surface area (Å²) in [7, 11) is -3.96. The van der Waals surface area contributed by atoms with Gasteiger partial charge in [0.15, 0.2) is 0 Å². The lowest BCUT2D eigenvalue weighted by atomic mass is 10.1. The maximum atomic E-state index is 12.6. The molecule has 1 saturated heterocycles. The zero-order valence-electron chi connectivity index (χ0n) is 16.1. The zero-order valence-corrected chi connectivity index (χ0v) is 17.7. The Morgan fingerprint density at radius 2 is 1.80 bits per heavy atom. The molecule has 158 valence electrons. The molecule has 2 N–H and O–H groups in total. The first-order valence-electron chi connectivity index (χ1n) is 9.30. The summed E-state index contributed by atoms with van der Waals surface area (Å²) < 4.78 is 27.6. The van der Waals surface area contributed by atoms with Gasteiger partial charge in [-0.2, -0.15) is 5.26 Å². The maximum absolute atomic E-state index is 12.6. The van der Waals surface area contributed by atoms with Gasteiger partial charge >= 0.3 is 5.97 Å². The van der Waals surface area contributed by atoms with Crippen molar-refractivity contribution in [1.82, 2.24) is 4.90 Å². The van der Waals surface area contributed by atoms with Gasteiger partial charge in [0.2, 0.25) is 0 Å². The van der Waals surface area contributed by atoms with Crippen LogP contribution in [0.15, 0.2) is 47.4 Å². The largest absolute Gasteiger partial charge is 0.478 e. The minimum absolute atomic E-state index is 0.00569. The van der Waals surface area contributed by atoms with Crippen LogP contribution in [0.3, 0.4) is 0 Å². The lowest BCUT2D eigenvalue weighted by molar-refractivity contribution is 0.0698. The molecule has 0 unspecified atom stereocenters. The Hall–Kier alpha value is -2.80. The Morgan fingerprint density at radius 1 is 1.13 bits per heavy atom. The molecule has 2 aromatic carbocycles. The van der Waals surface area contributed by atoms with E-state index < -0.39 is 16.0 Å². The third kappa shape index (κ3) is 5.21. The van der Waals surface area contributed by atoms with Gasteiger partial charge in [0.25, 0.3) is 10.0 Å². The van der Waals surface area contributed by atoms with Gasteiger partial charge in [-0.05, 0) is 42.5 Å². The molecule has 0 aromatic heterocycles. The first kappa shape index (κ1) is 21.9. The van der Waals surface area contributed by atoms with E-state index >= 15 is 0 Å². The van der Waals surface area contributed by atoms with Crippen molar-refractivity contribution >= 4 is 39.0 Å². The van der Waals surface area contributed by atoms with Gasteiger partial charge in [0.05, 0.1) is 22.2 Å². The van der Waals surface area contributed by atoms with Crippen LogP contribution in [0.1, 0.15) is 16.8 Å². The highest BCUT2D eigenvalue weighted by Gasteiger charge is 2.22. The number of carboxylic acids is 1. The Bertz CT molecular complexity index is 1060. The smallest absolute Gasteiger partial charge is 0.337 e. The third-order valence-corrected chi connectivity index (χ3v) is 6.51. The van der Waals surface area contributed by atoms with E-state index in [1.54, 1.807) is 6.07 Å². The molecule has 2 aromatic rings. The number of carboxylic acid groups (broad SMARTS) is 1. The Morgan fingerprint density at radius 3 is 2.40 bits per heavy atom. The number of halogens is 1. The number of hydrogen-bond acceptors (Lipinski definition) is 6. The van der Waals surface area contributed by atoms with E-state index in [1.807, 2.05) is 4.90 Å². The van der Waals surface area contributed by atoms with Gasteiger partial charge < -0.3 is 10.0 Å². The average molecular weight is 449 g/mol. The SMILES string of the molecule is N#CCCN1CCN(c2ccc(NS(=O)(=O)c3ccc(Cl)cc3)c(C(=O)O)c2)CC1. The van der Waals surface area contributed by atoms with Crippen molar-refractivity contribution < 1.29 is 18.3 Å². The van der Waals surface area contributed by atoms with Crippen molar-refractivity contribution in [3.05, 3.63) is 53.1 Å². The summed E-state index contributed by atoms with van der Waals surface area (Å²) in [5.41, 5.74) is 0.576. The van der Waals surface area contributed by atoms with Crippen LogP contribution in [0, 0.1) is 11.3 Å². The predicted molar refractivity (Wildman–Crippen MR) is 115 cm³/mol. The molecule has 1 aliphatic rings. The van der Waals surface area contributed by atoms with Gasteiger partial charge in [-0.3, -0.25) is 9.62 Å². The monoisotopic (exact) mass is 448 g/mol. The molecular weight excluding hydrogens is 428 g/mol. The molecule has 1 aliphatic heterocycles. The van der Waals surface area contributed by atoms with Crippen LogP contribution in [0.4, 0.5) is 11.4 Å². The summed E-state index contributed by atoms with van der Waals surface area (Å²) in [4.78, 5) is 16.0. The molecule has 30 heavy (non-hydrogen) atoms. The molecule has 10 heteroatoms. The average Bonchev–Trinajstić information content (AvgIpc) is 2.73. The third-order valence-electron chi connectivity index (χ3n) is 4.88. The Labute approximate surface area is 180 Å². The van der Waals surface area contributed by atoms with E-state index in [9.17, 15) is 18.3 Å². The molecule has 0 bridgehead atoms.